The van der Waals surface area contributed by atoms with Gasteiger partial charge < -0.3 is 35.0 Å². The highest BCUT2D eigenvalue weighted by molar-refractivity contribution is 5.38. The fourth-order valence-corrected chi connectivity index (χ4v) is 2.06. The number of aliphatic hydroxyl groups excluding tert-OH is 4. The first kappa shape index (κ1) is 15.0. The Hall–Kier alpha value is -1.38. The van der Waals surface area contributed by atoms with E-state index >= 15 is 0 Å². The SMILES string of the molecule is Cc1cc(O[C@@H]2[C@@H](O)[C@H](O)[C@@H](CO)O[C@H]2O)ccc1O. The number of hydrogen-bond acceptors (Lipinski definition) is 7. The van der Waals surface area contributed by atoms with Crippen LogP contribution in [0.5, 0.6) is 11.5 Å². The second kappa shape index (κ2) is 5.94. The number of ether oxygens (including phenoxy) is 2. The van der Waals surface area contributed by atoms with Crippen molar-refractivity contribution >= 4 is 0 Å². The monoisotopic (exact) mass is 286 g/mol. The zero-order valence-corrected chi connectivity index (χ0v) is 10.9. The Morgan fingerprint density at radius 1 is 1.20 bits per heavy atom. The van der Waals surface area contributed by atoms with E-state index in [9.17, 15) is 20.4 Å². The van der Waals surface area contributed by atoms with Crippen molar-refractivity contribution < 1.29 is 35.0 Å². The fourth-order valence-electron chi connectivity index (χ4n) is 2.06. The van der Waals surface area contributed by atoms with Crippen LogP contribution in [-0.2, 0) is 4.74 Å². The summed E-state index contributed by atoms with van der Waals surface area (Å²) in [7, 11) is 0. The Morgan fingerprint density at radius 3 is 2.50 bits per heavy atom. The van der Waals surface area contributed by atoms with E-state index in [4.69, 9.17) is 14.6 Å². The van der Waals surface area contributed by atoms with Gasteiger partial charge in [-0.25, -0.2) is 0 Å². The summed E-state index contributed by atoms with van der Waals surface area (Å²) in [6, 6.07) is 4.41. The van der Waals surface area contributed by atoms with Crippen LogP contribution < -0.4 is 4.74 Å². The molecule has 0 radical (unpaired) electrons. The van der Waals surface area contributed by atoms with Gasteiger partial charge in [0.25, 0.3) is 0 Å². The van der Waals surface area contributed by atoms with Gasteiger partial charge in [0.15, 0.2) is 12.4 Å². The van der Waals surface area contributed by atoms with E-state index in [1.807, 2.05) is 0 Å². The summed E-state index contributed by atoms with van der Waals surface area (Å²) in [6.45, 7) is 1.14. The van der Waals surface area contributed by atoms with Gasteiger partial charge in [-0.3, -0.25) is 0 Å². The second-order valence-electron chi connectivity index (χ2n) is 4.76. The minimum Gasteiger partial charge on any atom is -0.508 e. The van der Waals surface area contributed by atoms with E-state index in [0.717, 1.165) is 0 Å². The highest BCUT2D eigenvalue weighted by Crippen LogP contribution is 2.27. The summed E-state index contributed by atoms with van der Waals surface area (Å²) < 4.78 is 10.4. The van der Waals surface area contributed by atoms with Gasteiger partial charge in [-0.1, -0.05) is 0 Å². The second-order valence-corrected chi connectivity index (χ2v) is 4.76. The maximum atomic E-state index is 9.92. The van der Waals surface area contributed by atoms with Crippen molar-refractivity contribution in [3.05, 3.63) is 23.8 Å². The highest BCUT2D eigenvalue weighted by atomic mass is 16.7. The quantitative estimate of drug-likeness (QED) is 0.477. The summed E-state index contributed by atoms with van der Waals surface area (Å²) in [4.78, 5) is 0. The molecule has 0 unspecified atom stereocenters. The fraction of sp³-hybridized carbons (Fsp3) is 0.538. The largest absolute Gasteiger partial charge is 0.508 e. The van der Waals surface area contributed by atoms with E-state index in [1.54, 1.807) is 6.92 Å². The number of benzene rings is 1. The average molecular weight is 286 g/mol. The molecule has 1 saturated heterocycles. The number of aryl methyl sites for hydroxylation is 1. The van der Waals surface area contributed by atoms with E-state index in [2.05, 4.69) is 0 Å². The van der Waals surface area contributed by atoms with E-state index in [0.29, 0.717) is 11.3 Å². The first-order chi connectivity index (χ1) is 9.43. The Labute approximate surface area is 115 Å². The lowest BCUT2D eigenvalue weighted by Crippen LogP contribution is -2.60. The predicted octanol–water partition coefficient (Wildman–Crippen LogP) is -1.12. The number of aromatic hydroxyl groups is 1. The molecule has 7 heteroatoms. The first-order valence-electron chi connectivity index (χ1n) is 6.21. The number of rotatable bonds is 3. The topological polar surface area (TPSA) is 120 Å². The number of hydrogen-bond donors (Lipinski definition) is 5. The maximum absolute atomic E-state index is 9.92. The lowest BCUT2D eigenvalue weighted by atomic mass is 9.99. The van der Waals surface area contributed by atoms with Crippen LogP contribution >= 0.6 is 0 Å². The van der Waals surface area contributed by atoms with Crippen LogP contribution in [0.2, 0.25) is 0 Å². The van der Waals surface area contributed by atoms with Gasteiger partial charge in [0.05, 0.1) is 6.61 Å². The van der Waals surface area contributed by atoms with Crippen LogP contribution in [0, 0.1) is 6.92 Å². The number of aliphatic hydroxyl groups is 4. The van der Waals surface area contributed by atoms with Gasteiger partial charge in [-0.15, -0.1) is 0 Å². The Balaban J connectivity index is 2.13. The summed E-state index contributed by atoms with van der Waals surface area (Å²) in [6.07, 6.45) is -6.53. The molecule has 0 bridgehead atoms. The van der Waals surface area contributed by atoms with Crippen molar-refractivity contribution in [1.82, 2.24) is 0 Å². The van der Waals surface area contributed by atoms with Crippen LogP contribution in [0.25, 0.3) is 0 Å². The predicted molar refractivity (Wildman–Crippen MR) is 67.2 cm³/mol. The molecule has 5 N–H and O–H groups in total. The molecule has 112 valence electrons. The molecule has 1 fully saturated rings. The minimum absolute atomic E-state index is 0.0960. The van der Waals surface area contributed by atoms with Gasteiger partial charge in [-0.05, 0) is 30.7 Å². The third-order valence-electron chi connectivity index (χ3n) is 3.28. The Bertz CT molecular complexity index is 464. The third-order valence-corrected chi connectivity index (χ3v) is 3.28. The molecule has 1 aliphatic rings. The molecule has 0 aliphatic carbocycles. The van der Waals surface area contributed by atoms with E-state index in [-0.39, 0.29) is 5.75 Å². The summed E-state index contributed by atoms with van der Waals surface area (Å²) in [5.41, 5.74) is 0.567. The van der Waals surface area contributed by atoms with Crippen molar-refractivity contribution in [2.45, 2.75) is 37.6 Å². The van der Waals surface area contributed by atoms with Gasteiger partial charge in [0.2, 0.25) is 0 Å². The summed E-state index contributed by atoms with van der Waals surface area (Å²) >= 11 is 0. The standard InChI is InChI=1S/C13H18O7/c1-6-4-7(2-3-8(6)15)19-12-11(17)10(16)9(5-14)20-13(12)18/h2-4,9-18H,5H2,1H3/t9-,10-,11+,12-,13-/m1/s1. The van der Waals surface area contributed by atoms with Crippen LogP contribution in [0.15, 0.2) is 18.2 Å². The Kier molecular flexibility index (Phi) is 4.46. The lowest BCUT2D eigenvalue weighted by molar-refractivity contribution is -0.280. The molecular formula is C13H18O7. The maximum Gasteiger partial charge on any atom is 0.195 e. The van der Waals surface area contributed by atoms with Gasteiger partial charge in [0.1, 0.15) is 29.8 Å². The average Bonchev–Trinajstić information content (AvgIpc) is 2.42. The molecule has 0 spiro atoms. The zero-order valence-electron chi connectivity index (χ0n) is 10.9. The van der Waals surface area contributed by atoms with Crippen LogP contribution in [0.4, 0.5) is 0 Å². The van der Waals surface area contributed by atoms with Crippen LogP contribution in [0.1, 0.15) is 5.56 Å². The third kappa shape index (κ3) is 2.87. The number of phenolic OH excluding ortho intramolecular Hbond substituents is 1. The van der Waals surface area contributed by atoms with Gasteiger partial charge in [0, 0.05) is 0 Å². The number of phenols is 1. The normalized spacial score (nSPS) is 34.0. The zero-order chi connectivity index (χ0) is 14.9. The molecule has 0 amide bonds. The van der Waals surface area contributed by atoms with E-state index in [1.165, 1.54) is 18.2 Å². The van der Waals surface area contributed by atoms with Gasteiger partial charge >= 0.3 is 0 Å². The molecule has 0 saturated carbocycles. The summed E-state index contributed by atoms with van der Waals surface area (Å²) in [5, 5.41) is 47.8. The molecule has 20 heavy (non-hydrogen) atoms. The van der Waals surface area contributed by atoms with E-state index < -0.39 is 37.3 Å². The van der Waals surface area contributed by atoms with Crippen molar-refractivity contribution in [3.63, 3.8) is 0 Å². The molecule has 1 heterocycles. The lowest BCUT2D eigenvalue weighted by Gasteiger charge is -2.39. The van der Waals surface area contributed by atoms with Crippen molar-refractivity contribution in [2.75, 3.05) is 6.61 Å². The molecule has 1 aliphatic heterocycles. The minimum atomic E-state index is -1.49. The molecule has 7 nitrogen and oxygen atoms in total. The molecule has 1 aromatic carbocycles. The van der Waals surface area contributed by atoms with Gasteiger partial charge in [-0.2, -0.15) is 0 Å². The molecule has 2 rings (SSSR count). The van der Waals surface area contributed by atoms with Crippen LogP contribution in [-0.4, -0.2) is 62.8 Å². The Morgan fingerprint density at radius 2 is 1.90 bits per heavy atom. The molecule has 5 atom stereocenters. The smallest absolute Gasteiger partial charge is 0.195 e. The first-order valence-corrected chi connectivity index (χ1v) is 6.21. The molecular weight excluding hydrogens is 268 g/mol. The van der Waals surface area contributed by atoms with Crippen LogP contribution in [0.3, 0.4) is 0 Å². The summed E-state index contributed by atoms with van der Waals surface area (Å²) in [5.74, 6) is 0.403. The molecule has 0 aromatic heterocycles. The van der Waals surface area contributed by atoms with Crippen molar-refractivity contribution in [2.24, 2.45) is 0 Å². The highest BCUT2D eigenvalue weighted by Gasteiger charge is 2.45. The van der Waals surface area contributed by atoms with Crippen molar-refractivity contribution in [1.29, 1.82) is 0 Å². The van der Waals surface area contributed by atoms with Crippen molar-refractivity contribution in [3.8, 4) is 11.5 Å². The molecule has 1 aromatic rings.